The highest BCUT2D eigenvalue weighted by Crippen LogP contribution is 2.54. The molecule has 0 amide bonds. The Morgan fingerprint density at radius 3 is 2.94 bits per heavy atom. The molecule has 0 spiro atoms. The number of hydrogen-bond donors (Lipinski definition) is 2. The lowest BCUT2D eigenvalue weighted by molar-refractivity contribution is -0.147. The maximum atomic E-state index is 11.1. The van der Waals surface area contributed by atoms with Crippen molar-refractivity contribution < 1.29 is 19.8 Å². The number of oxime groups is 1. The van der Waals surface area contributed by atoms with Gasteiger partial charge in [0.25, 0.3) is 0 Å². The van der Waals surface area contributed by atoms with Crippen LogP contribution in [0.15, 0.2) is 29.4 Å². The molecule has 2 aliphatic rings. The third-order valence-corrected chi connectivity index (χ3v) is 3.17. The number of fused-ring (bicyclic) bond motifs is 2. The van der Waals surface area contributed by atoms with Crippen LogP contribution in [-0.4, -0.2) is 27.6 Å². The quantitative estimate of drug-likeness (QED) is 0.547. The summed E-state index contributed by atoms with van der Waals surface area (Å²) < 4.78 is 5.50. The summed E-state index contributed by atoms with van der Waals surface area (Å²) in [6.07, 6.45) is 0.358. The van der Waals surface area contributed by atoms with Gasteiger partial charge >= 0.3 is 5.97 Å². The largest absolute Gasteiger partial charge is 0.478 e. The maximum Gasteiger partial charge on any atom is 0.348 e. The Bertz CT molecular complexity index is 510. The zero-order valence-electron chi connectivity index (χ0n) is 8.25. The molecule has 5 nitrogen and oxygen atoms in total. The predicted octanol–water partition coefficient (Wildman–Crippen LogP) is 1.10. The standard InChI is InChI=1S/C11H9NO4/c13-10(14)11-5-7(11)9(12-15)6-3-1-2-4-8(6)16-11/h1-4,7,15H,5H2,(H,13,14)/b12-9-. The summed E-state index contributed by atoms with van der Waals surface area (Å²) in [6, 6.07) is 6.99. The van der Waals surface area contributed by atoms with E-state index in [1.807, 2.05) is 0 Å². The topological polar surface area (TPSA) is 79.1 Å². The third kappa shape index (κ3) is 0.946. The molecule has 2 atom stereocenters. The summed E-state index contributed by atoms with van der Waals surface area (Å²) >= 11 is 0. The fourth-order valence-corrected chi connectivity index (χ4v) is 2.23. The molecule has 1 heterocycles. The van der Waals surface area contributed by atoms with E-state index in [0.29, 0.717) is 23.4 Å². The first kappa shape index (κ1) is 9.21. The van der Waals surface area contributed by atoms with E-state index < -0.39 is 11.6 Å². The van der Waals surface area contributed by atoms with E-state index in [9.17, 15) is 4.79 Å². The number of ether oxygens (including phenoxy) is 1. The fraction of sp³-hybridized carbons (Fsp3) is 0.273. The van der Waals surface area contributed by atoms with Crippen LogP contribution >= 0.6 is 0 Å². The molecule has 2 N–H and O–H groups in total. The van der Waals surface area contributed by atoms with Crippen LogP contribution < -0.4 is 4.74 Å². The van der Waals surface area contributed by atoms with E-state index in [1.165, 1.54) is 0 Å². The van der Waals surface area contributed by atoms with Crippen LogP contribution in [0.4, 0.5) is 0 Å². The summed E-state index contributed by atoms with van der Waals surface area (Å²) in [5.41, 5.74) is -0.135. The monoisotopic (exact) mass is 219 g/mol. The summed E-state index contributed by atoms with van der Waals surface area (Å²) in [6.45, 7) is 0. The molecule has 82 valence electrons. The second kappa shape index (κ2) is 2.75. The SMILES string of the molecule is O=C(O)C12CC1/C(=N\O)c1ccccc1O2. The normalized spacial score (nSPS) is 32.5. The molecule has 2 unspecified atom stereocenters. The summed E-state index contributed by atoms with van der Waals surface area (Å²) in [5.74, 6) is -0.885. The molecule has 1 fully saturated rings. The highest BCUT2D eigenvalue weighted by Gasteiger charge is 2.68. The molecule has 1 saturated carbocycles. The van der Waals surface area contributed by atoms with Crippen LogP contribution in [0.3, 0.4) is 0 Å². The molecule has 0 radical (unpaired) electrons. The predicted molar refractivity (Wildman–Crippen MR) is 53.9 cm³/mol. The first-order valence-corrected chi connectivity index (χ1v) is 4.93. The number of nitrogens with zero attached hydrogens (tertiary/aromatic N) is 1. The van der Waals surface area contributed by atoms with Crippen molar-refractivity contribution >= 4 is 11.7 Å². The molecule has 3 rings (SSSR count). The van der Waals surface area contributed by atoms with E-state index in [4.69, 9.17) is 15.1 Å². The summed E-state index contributed by atoms with van der Waals surface area (Å²) in [5, 5.41) is 21.3. The fourth-order valence-electron chi connectivity index (χ4n) is 2.23. The van der Waals surface area contributed by atoms with Crippen LogP contribution in [0.2, 0.25) is 0 Å². The third-order valence-electron chi connectivity index (χ3n) is 3.17. The van der Waals surface area contributed by atoms with Crippen molar-refractivity contribution in [2.45, 2.75) is 12.0 Å². The second-order valence-corrected chi connectivity index (χ2v) is 4.03. The van der Waals surface area contributed by atoms with Gasteiger partial charge < -0.3 is 15.1 Å². The number of aliphatic carboxylic acids is 1. The van der Waals surface area contributed by atoms with Gasteiger partial charge in [0.1, 0.15) is 5.75 Å². The van der Waals surface area contributed by atoms with Crippen LogP contribution in [0.25, 0.3) is 0 Å². The number of benzene rings is 1. The molecule has 0 aromatic heterocycles. The molecule has 1 aliphatic heterocycles. The van der Waals surface area contributed by atoms with E-state index in [2.05, 4.69) is 5.16 Å². The van der Waals surface area contributed by atoms with Crippen molar-refractivity contribution in [2.24, 2.45) is 11.1 Å². The zero-order valence-corrected chi connectivity index (χ0v) is 8.25. The number of rotatable bonds is 1. The molecule has 5 heteroatoms. The molecule has 0 bridgehead atoms. The number of carboxylic acids is 1. The molecule has 1 aromatic carbocycles. The summed E-state index contributed by atoms with van der Waals surface area (Å²) in [7, 11) is 0. The van der Waals surface area contributed by atoms with Crippen LogP contribution in [0.5, 0.6) is 5.75 Å². The number of carbonyl (C=O) groups is 1. The average Bonchev–Trinajstić information content (AvgIpc) is 3.00. The smallest absolute Gasteiger partial charge is 0.348 e. The Labute approximate surface area is 91.0 Å². The second-order valence-electron chi connectivity index (χ2n) is 4.03. The van der Waals surface area contributed by atoms with E-state index >= 15 is 0 Å². The lowest BCUT2D eigenvalue weighted by Crippen LogP contribution is -2.37. The van der Waals surface area contributed by atoms with Gasteiger partial charge in [0.15, 0.2) is 0 Å². The Morgan fingerprint density at radius 2 is 2.25 bits per heavy atom. The summed E-state index contributed by atoms with van der Waals surface area (Å²) in [4.78, 5) is 11.1. The van der Waals surface area contributed by atoms with Gasteiger partial charge in [-0.25, -0.2) is 4.79 Å². The van der Waals surface area contributed by atoms with Crippen molar-refractivity contribution in [3.8, 4) is 5.75 Å². The van der Waals surface area contributed by atoms with Crippen molar-refractivity contribution in [1.82, 2.24) is 0 Å². The molecule has 16 heavy (non-hydrogen) atoms. The van der Waals surface area contributed by atoms with Gasteiger partial charge in [-0.15, -0.1) is 0 Å². The van der Waals surface area contributed by atoms with Gasteiger partial charge in [0.05, 0.1) is 11.6 Å². The average molecular weight is 219 g/mol. The van der Waals surface area contributed by atoms with Crippen LogP contribution in [0, 0.1) is 5.92 Å². The minimum absolute atomic E-state index is 0.343. The highest BCUT2D eigenvalue weighted by molar-refractivity contribution is 6.11. The highest BCUT2D eigenvalue weighted by atomic mass is 16.5. The van der Waals surface area contributed by atoms with Crippen molar-refractivity contribution in [1.29, 1.82) is 0 Å². The lowest BCUT2D eigenvalue weighted by atomic mass is 10.00. The number of para-hydroxylation sites is 1. The Hall–Kier alpha value is -2.04. The van der Waals surface area contributed by atoms with Gasteiger partial charge in [-0.2, -0.15) is 0 Å². The van der Waals surface area contributed by atoms with Gasteiger partial charge in [0.2, 0.25) is 5.60 Å². The van der Waals surface area contributed by atoms with E-state index in [0.717, 1.165) is 0 Å². The van der Waals surface area contributed by atoms with Crippen LogP contribution in [-0.2, 0) is 4.79 Å². The minimum atomic E-state index is -1.21. The van der Waals surface area contributed by atoms with E-state index in [1.54, 1.807) is 24.3 Å². The zero-order chi connectivity index (χ0) is 11.3. The molecule has 1 aliphatic carbocycles. The van der Waals surface area contributed by atoms with Gasteiger partial charge in [-0.05, 0) is 12.1 Å². The van der Waals surface area contributed by atoms with Crippen molar-refractivity contribution in [3.63, 3.8) is 0 Å². The lowest BCUT2D eigenvalue weighted by Gasteiger charge is -2.23. The van der Waals surface area contributed by atoms with Crippen molar-refractivity contribution in [3.05, 3.63) is 29.8 Å². The van der Waals surface area contributed by atoms with Gasteiger partial charge in [-0.1, -0.05) is 17.3 Å². The van der Waals surface area contributed by atoms with Crippen molar-refractivity contribution in [2.75, 3.05) is 0 Å². The molecular weight excluding hydrogens is 210 g/mol. The first-order chi connectivity index (χ1) is 7.69. The Morgan fingerprint density at radius 1 is 1.50 bits per heavy atom. The molecular formula is C11H9NO4. The van der Waals surface area contributed by atoms with Crippen LogP contribution in [0.1, 0.15) is 12.0 Å². The Balaban J connectivity index is 2.15. The minimum Gasteiger partial charge on any atom is -0.478 e. The number of hydrogen-bond acceptors (Lipinski definition) is 4. The molecule has 1 aromatic rings. The molecule has 0 saturated heterocycles. The maximum absolute atomic E-state index is 11.1. The van der Waals surface area contributed by atoms with Gasteiger partial charge in [-0.3, -0.25) is 0 Å². The first-order valence-electron chi connectivity index (χ1n) is 4.93. The van der Waals surface area contributed by atoms with E-state index in [-0.39, 0.29) is 5.92 Å². The Kier molecular flexibility index (Phi) is 1.58. The van der Waals surface area contributed by atoms with Gasteiger partial charge in [0, 0.05) is 12.0 Å². The number of carboxylic acid groups (broad SMARTS) is 1.